The summed E-state index contributed by atoms with van der Waals surface area (Å²) < 4.78 is 18.5. The van der Waals surface area contributed by atoms with Gasteiger partial charge in [0.1, 0.15) is 0 Å². The molecule has 0 aliphatic heterocycles. The van der Waals surface area contributed by atoms with Gasteiger partial charge in [0.05, 0.1) is 12.6 Å². The van der Waals surface area contributed by atoms with Crippen LogP contribution < -0.4 is 5.73 Å². The number of benzene rings is 2. The van der Waals surface area contributed by atoms with E-state index in [0.29, 0.717) is 5.56 Å². The van der Waals surface area contributed by atoms with Crippen molar-refractivity contribution in [2.24, 2.45) is 5.73 Å². The van der Waals surface area contributed by atoms with Crippen molar-refractivity contribution in [3.63, 3.8) is 0 Å². The molecule has 21 heavy (non-hydrogen) atoms. The largest absolute Gasteiger partial charge is 0.464 e. The molecule has 0 aliphatic rings. The van der Waals surface area contributed by atoms with Crippen molar-refractivity contribution in [1.29, 1.82) is 0 Å². The average Bonchev–Trinajstić information content (AvgIpc) is 2.54. The Bertz CT molecular complexity index is 583. The summed E-state index contributed by atoms with van der Waals surface area (Å²) in [6, 6.07) is 16.0. The van der Waals surface area contributed by atoms with Gasteiger partial charge in [-0.15, -0.1) is 0 Å². The predicted molar refractivity (Wildman–Crippen MR) is 80.3 cm³/mol. The Morgan fingerprint density at radius 1 is 1.10 bits per heavy atom. The molecule has 0 aliphatic carbocycles. The molecule has 2 aromatic carbocycles. The molecule has 0 bridgehead atoms. The van der Waals surface area contributed by atoms with Gasteiger partial charge in [0, 0.05) is 0 Å². The van der Waals surface area contributed by atoms with E-state index in [1.54, 1.807) is 19.1 Å². The maximum atomic E-state index is 13.9. The molecule has 0 heterocycles. The fourth-order valence-electron chi connectivity index (χ4n) is 2.07. The van der Waals surface area contributed by atoms with Crippen LogP contribution in [-0.2, 0) is 9.53 Å². The number of esters is 1. The third-order valence-electron chi connectivity index (χ3n) is 3.23. The molecule has 3 nitrogen and oxygen atoms in total. The summed E-state index contributed by atoms with van der Waals surface area (Å²) >= 11 is 0. The molecule has 2 aromatic rings. The standard InChI is InChI=1S/C17H18FNO2/c1-2-21-17(20)15(18)16(19)14-10-8-13(9-11-14)12-6-4-3-5-7-12/h3-11,15-16H,2,19H2,1H3/t15?,16-/m0/s1. The molecule has 0 radical (unpaired) electrons. The second kappa shape index (κ2) is 6.99. The van der Waals surface area contributed by atoms with Gasteiger partial charge in [0.25, 0.3) is 0 Å². The number of rotatable bonds is 5. The van der Waals surface area contributed by atoms with E-state index in [9.17, 15) is 9.18 Å². The molecular formula is C17H18FNO2. The van der Waals surface area contributed by atoms with Crippen LogP contribution in [0.25, 0.3) is 11.1 Å². The third kappa shape index (κ3) is 3.67. The lowest BCUT2D eigenvalue weighted by molar-refractivity contribution is -0.149. The van der Waals surface area contributed by atoms with E-state index < -0.39 is 18.2 Å². The smallest absolute Gasteiger partial charge is 0.342 e. The summed E-state index contributed by atoms with van der Waals surface area (Å²) in [4.78, 5) is 11.4. The minimum atomic E-state index is -1.85. The fourth-order valence-corrected chi connectivity index (χ4v) is 2.07. The van der Waals surface area contributed by atoms with Crippen molar-refractivity contribution in [3.05, 3.63) is 60.2 Å². The van der Waals surface area contributed by atoms with Crippen LogP contribution in [-0.4, -0.2) is 18.7 Å². The lowest BCUT2D eigenvalue weighted by atomic mass is 9.99. The van der Waals surface area contributed by atoms with Gasteiger partial charge in [-0.1, -0.05) is 54.6 Å². The second-order valence-corrected chi connectivity index (χ2v) is 4.67. The number of hydrogen-bond donors (Lipinski definition) is 1. The van der Waals surface area contributed by atoms with Gasteiger partial charge in [-0.05, 0) is 23.6 Å². The molecule has 0 saturated carbocycles. The van der Waals surface area contributed by atoms with E-state index in [1.165, 1.54) is 0 Å². The monoisotopic (exact) mass is 287 g/mol. The Labute approximate surface area is 123 Å². The third-order valence-corrected chi connectivity index (χ3v) is 3.23. The molecule has 2 N–H and O–H groups in total. The fraction of sp³-hybridized carbons (Fsp3) is 0.235. The van der Waals surface area contributed by atoms with Gasteiger partial charge in [-0.25, -0.2) is 9.18 Å². The normalized spacial score (nSPS) is 13.5. The Morgan fingerprint density at radius 2 is 1.67 bits per heavy atom. The van der Waals surface area contributed by atoms with Crippen molar-refractivity contribution in [1.82, 2.24) is 0 Å². The first-order chi connectivity index (χ1) is 10.1. The van der Waals surface area contributed by atoms with Gasteiger partial charge in [0.2, 0.25) is 6.17 Å². The van der Waals surface area contributed by atoms with Crippen LogP contribution >= 0.6 is 0 Å². The molecule has 4 heteroatoms. The number of halogens is 1. The highest BCUT2D eigenvalue weighted by molar-refractivity contribution is 5.76. The SMILES string of the molecule is CCOC(=O)C(F)[C@@H](N)c1ccc(-c2ccccc2)cc1. The zero-order valence-corrected chi connectivity index (χ0v) is 11.8. The minimum absolute atomic E-state index is 0.138. The van der Waals surface area contributed by atoms with Crippen molar-refractivity contribution in [2.45, 2.75) is 19.1 Å². The second-order valence-electron chi connectivity index (χ2n) is 4.67. The van der Waals surface area contributed by atoms with Crippen LogP contribution in [0.2, 0.25) is 0 Å². The van der Waals surface area contributed by atoms with Gasteiger partial charge < -0.3 is 10.5 Å². The summed E-state index contributed by atoms with van der Waals surface area (Å²) in [6.45, 7) is 1.77. The molecule has 2 rings (SSSR count). The molecule has 0 fully saturated rings. The van der Waals surface area contributed by atoms with Gasteiger partial charge in [-0.3, -0.25) is 0 Å². The molecule has 0 aromatic heterocycles. The van der Waals surface area contributed by atoms with Crippen molar-refractivity contribution in [3.8, 4) is 11.1 Å². The van der Waals surface area contributed by atoms with Crippen molar-refractivity contribution >= 4 is 5.97 Å². The Hall–Kier alpha value is -2.20. The van der Waals surface area contributed by atoms with Crippen molar-refractivity contribution < 1.29 is 13.9 Å². The lowest BCUT2D eigenvalue weighted by Gasteiger charge is -2.16. The molecular weight excluding hydrogens is 269 g/mol. The quantitative estimate of drug-likeness (QED) is 0.859. The van der Waals surface area contributed by atoms with E-state index in [4.69, 9.17) is 5.73 Å². The van der Waals surface area contributed by atoms with Crippen molar-refractivity contribution in [2.75, 3.05) is 6.61 Å². The molecule has 1 unspecified atom stereocenters. The number of carbonyl (C=O) groups excluding carboxylic acids is 1. The first kappa shape index (κ1) is 15.2. The van der Waals surface area contributed by atoms with E-state index in [0.717, 1.165) is 11.1 Å². The van der Waals surface area contributed by atoms with Crippen LogP contribution in [0.4, 0.5) is 4.39 Å². The highest BCUT2D eigenvalue weighted by atomic mass is 19.1. The van der Waals surface area contributed by atoms with E-state index in [1.807, 2.05) is 42.5 Å². The molecule has 2 atom stereocenters. The molecule has 0 amide bonds. The van der Waals surface area contributed by atoms with Crippen LogP contribution in [0.15, 0.2) is 54.6 Å². The summed E-state index contributed by atoms with van der Waals surface area (Å²) in [5.74, 6) is -0.919. The number of hydrogen-bond acceptors (Lipinski definition) is 3. The van der Waals surface area contributed by atoms with E-state index in [-0.39, 0.29) is 6.61 Å². The van der Waals surface area contributed by atoms with Crippen LogP contribution in [0, 0.1) is 0 Å². The maximum Gasteiger partial charge on any atom is 0.342 e. The highest BCUT2D eigenvalue weighted by Crippen LogP contribution is 2.23. The van der Waals surface area contributed by atoms with Crippen LogP contribution in [0.5, 0.6) is 0 Å². The van der Waals surface area contributed by atoms with Gasteiger partial charge >= 0.3 is 5.97 Å². The lowest BCUT2D eigenvalue weighted by Crippen LogP contribution is -2.31. The Morgan fingerprint density at radius 3 is 2.24 bits per heavy atom. The average molecular weight is 287 g/mol. The number of alkyl halides is 1. The summed E-state index contributed by atoms with van der Waals surface area (Å²) in [5, 5.41) is 0. The topological polar surface area (TPSA) is 52.3 Å². The number of carbonyl (C=O) groups is 1. The zero-order chi connectivity index (χ0) is 15.2. The number of ether oxygens (including phenoxy) is 1. The van der Waals surface area contributed by atoms with Crippen LogP contribution in [0.3, 0.4) is 0 Å². The molecule has 110 valence electrons. The predicted octanol–water partition coefficient (Wildman–Crippen LogP) is 3.25. The summed E-state index contributed by atoms with van der Waals surface area (Å²) in [6.07, 6.45) is -1.85. The molecule has 0 saturated heterocycles. The first-order valence-corrected chi connectivity index (χ1v) is 6.85. The van der Waals surface area contributed by atoms with Gasteiger partial charge in [-0.2, -0.15) is 0 Å². The first-order valence-electron chi connectivity index (χ1n) is 6.85. The van der Waals surface area contributed by atoms with Gasteiger partial charge in [0.15, 0.2) is 0 Å². The zero-order valence-electron chi connectivity index (χ0n) is 11.8. The van der Waals surface area contributed by atoms with E-state index in [2.05, 4.69) is 4.74 Å². The Balaban J connectivity index is 2.13. The Kier molecular flexibility index (Phi) is 5.06. The summed E-state index contributed by atoms with van der Waals surface area (Å²) in [5.41, 5.74) is 8.43. The van der Waals surface area contributed by atoms with E-state index >= 15 is 0 Å². The highest BCUT2D eigenvalue weighted by Gasteiger charge is 2.27. The maximum absolute atomic E-state index is 13.9. The number of nitrogens with two attached hydrogens (primary N) is 1. The summed E-state index contributed by atoms with van der Waals surface area (Å²) in [7, 11) is 0. The molecule has 0 spiro atoms. The minimum Gasteiger partial charge on any atom is -0.464 e. The van der Waals surface area contributed by atoms with Crippen LogP contribution in [0.1, 0.15) is 18.5 Å².